The first-order valence-electron chi connectivity index (χ1n) is 18.8. The fourth-order valence-corrected chi connectivity index (χ4v) is 7.56. The Morgan fingerprint density at radius 3 is 2.04 bits per heavy atom. The Kier molecular flexibility index (Phi) is 18.2. The third-order valence-electron chi connectivity index (χ3n) is 10.8. The zero-order chi connectivity index (χ0) is 39.4. The molecule has 1 saturated heterocycles. The molecule has 1 aliphatic rings. The number of aliphatic hydroxyl groups excluding tert-OH is 1. The summed E-state index contributed by atoms with van der Waals surface area (Å²) < 4.78 is 11.9. The maximum atomic E-state index is 14.1. The number of likely N-dealkylation sites (tertiary alicyclic amines) is 1. The zero-order valence-corrected chi connectivity index (χ0v) is 33.5. The number of aliphatic hydroxyl groups is 1. The summed E-state index contributed by atoms with van der Waals surface area (Å²) >= 11 is 0. The van der Waals surface area contributed by atoms with Crippen LogP contribution in [0.15, 0.2) is 30.3 Å². The zero-order valence-electron chi connectivity index (χ0n) is 33.5. The highest BCUT2D eigenvalue weighted by atomic mass is 16.5. The number of carbonyl (C=O) groups excluding carboxylic acids is 4. The van der Waals surface area contributed by atoms with Gasteiger partial charge in [-0.15, -0.1) is 0 Å². The third kappa shape index (κ3) is 11.4. The summed E-state index contributed by atoms with van der Waals surface area (Å²) in [6.07, 6.45) is -0.0211. The lowest BCUT2D eigenvalue weighted by Crippen LogP contribution is -2.59. The lowest BCUT2D eigenvalue weighted by molar-refractivity contribution is -0.156. The number of ether oxygens (including phenoxy) is 2. The summed E-state index contributed by atoms with van der Waals surface area (Å²) in [4.78, 5) is 58.3. The highest BCUT2D eigenvalue weighted by Crippen LogP contribution is 2.30. The maximum Gasteiger partial charge on any atom is 0.245 e. The lowest BCUT2D eigenvalue weighted by Gasteiger charge is -2.41. The first-order valence-corrected chi connectivity index (χ1v) is 18.8. The van der Waals surface area contributed by atoms with Crippen molar-refractivity contribution in [2.45, 2.75) is 130 Å². The Hall–Kier alpha value is -3.10. The summed E-state index contributed by atoms with van der Waals surface area (Å²) in [5.41, 5.74) is 0.702. The van der Waals surface area contributed by atoms with E-state index in [-0.39, 0.29) is 47.9 Å². The molecule has 52 heavy (non-hydrogen) atoms. The summed E-state index contributed by atoms with van der Waals surface area (Å²) in [6.45, 7) is 15.4. The summed E-state index contributed by atoms with van der Waals surface area (Å²) in [5, 5.41) is 27.6. The minimum Gasteiger partial charge on any atom is -0.386 e. The molecule has 1 aromatic carbocycles. The topological polar surface area (TPSA) is 161 Å². The van der Waals surface area contributed by atoms with Crippen LogP contribution in [-0.4, -0.2) is 126 Å². The van der Waals surface area contributed by atoms with Gasteiger partial charge in [-0.25, -0.2) is 0 Å². The average Bonchev–Trinajstić information content (AvgIpc) is 3.59. The van der Waals surface area contributed by atoms with Crippen LogP contribution in [0.25, 0.3) is 0 Å². The van der Waals surface area contributed by atoms with Crippen LogP contribution in [0.4, 0.5) is 0 Å². The number of nitrogens with zero attached hydrogens (tertiary/aromatic N) is 3. The number of methoxy groups -OCH3 is 2. The van der Waals surface area contributed by atoms with E-state index in [0.717, 1.165) is 11.5 Å². The van der Waals surface area contributed by atoms with E-state index in [2.05, 4.69) is 10.6 Å². The average molecular weight is 734 g/mol. The molecule has 1 aromatic rings. The van der Waals surface area contributed by atoms with Gasteiger partial charge in [-0.2, -0.15) is 5.06 Å². The fourth-order valence-electron chi connectivity index (χ4n) is 7.56. The summed E-state index contributed by atoms with van der Waals surface area (Å²) in [5.74, 6) is -2.33. The smallest absolute Gasteiger partial charge is 0.245 e. The molecule has 1 heterocycles. The lowest BCUT2D eigenvalue weighted by atomic mass is 9.89. The van der Waals surface area contributed by atoms with Crippen molar-refractivity contribution in [3.8, 4) is 0 Å². The maximum absolute atomic E-state index is 14.1. The van der Waals surface area contributed by atoms with Gasteiger partial charge >= 0.3 is 0 Å². The number of likely N-dealkylation sites (N-methyl/N-ethyl adjacent to an activating group) is 2. The number of hydrogen-bond donors (Lipinski definition) is 4. The second kappa shape index (κ2) is 21.0. The molecule has 4 N–H and O–H groups in total. The molecule has 0 aromatic heterocycles. The number of rotatable bonds is 20. The number of benzene rings is 1. The molecule has 1 fully saturated rings. The van der Waals surface area contributed by atoms with E-state index in [1.165, 1.54) is 14.2 Å². The van der Waals surface area contributed by atoms with Gasteiger partial charge < -0.3 is 40.2 Å². The molecule has 0 aliphatic carbocycles. The molecule has 0 radical (unpaired) electrons. The van der Waals surface area contributed by atoms with Crippen LogP contribution < -0.4 is 10.6 Å². The molecular weight excluding hydrogens is 666 g/mol. The molecule has 2 rings (SSSR count). The summed E-state index contributed by atoms with van der Waals surface area (Å²) in [7, 11) is 6.18. The van der Waals surface area contributed by atoms with E-state index in [0.29, 0.717) is 24.9 Å². The second-order valence-electron chi connectivity index (χ2n) is 15.2. The quantitative estimate of drug-likeness (QED) is 0.147. The van der Waals surface area contributed by atoms with E-state index in [4.69, 9.17) is 9.47 Å². The molecule has 4 amide bonds. The van der Waals surface area contributed by atoms with Gasteiger partial charge in [0.1, 0.15) is 12.1 Å². The van der Waals surface area contributed by atoms with E-state index in [1.54, 1.807) is 37.8 Å². The van der Waals surface area contributed by atoms with Gasteiger partial charge in [0.15, 0.2) is 0 Å². The molecule has 13 heteroatoms. The summed E-state index contributed by atoms with van der Waals surface area (Å²) in [6, 6.07) is 6.05. The van der Waals surface area contributed by atoms with Gasteiger partial charge in [-0.3, -0.25) is 19.2 Å². The first kappa shape index (κ1) is 45.1. The molecule has 2 unspecified atom stereocenters. The van der Waals surface area contributed by atoms with Gasteiger partial charge in [0.05, 0.1) is 48.8 Å². The minimum absolute atomic E-state index is 0.000372. The van der Waals surface area contributed by atoms with Crippen molar-refractivity contribution < 1.29 is 39.0 Å². The molecular formula is C39H67N5O8. The van der Waals surface area contributed by atoms with Gasteiger partial charge in [-0.05, 0) is 43.1 Å². The first-order chi connectivity index (χ1) is 24.4. The van der Waals surface area contributed by atoms with Gasteiger partial charge in [-0.1, -0.05) is 85.2 Å². The van der Waals surface area contributed by atoms with E-state index >= 15 is 0 Å². The molecule has 296 valence electrons. The largest absolute Gasteiger partial charge is 0.386 e. The Morgan fingerprint density at radius 2 is 1.54 bits per heavy atom. The van der Waals surface area contributed by atoms with Gasteiger partial charge in [0.25, 0.3) is 0 Å². The van der Waals surface area contributed by atoms with Crippen molar-refractivity contribution >= 4 is 23.6 Å². The Labute approximate surface area is 311 Å². The third-order valence-corrected chi connectivity index (χ3v) is 10.8. The molecule has 10 atom stereocenters. The molecule has 1 aliphatic heterocycles. The van der Waals surface area contributed by atoms with Crippen molar-refractivity contribution in [2.75, 3.05) is 34.9 Å². The SMILES string of the molecule is CC[C@H](C)[C@@H](C(CC(=O)N1CCC[C@H]1C(OC)[C@@H](C)C(=O)N[C@H](C)[C@@H](O)c1ccccc1)OC)N(C)C(=O)[C@@H](NC(=O)[C@H](C(C)C)N(C)O)C(C)C. The van der Waals surface area contributed by atoms with Crippen LogP contribution in [0.1, 0.15) is 92.7 Å². The molecule has 0 bridgehead atoms. The van der Waals surface area contributed by atoms with Crippen molar-refractivity contribution in [2.24, 2.45) is 23.7 Å². The van der Waals surface area contributed by atoms with Crippen LogP contribution in [0, 0.1) is 23.7 Å². The Bertz CT molecular complexity index is 1270. The highest BCUT2D eigenvalue weighted by molar-refractivity contribution is 5.90. The highest BCUT2D eigenvalue weighted by Gasteiger charge is 2.43. The second-order valence-corrected chi connectivity index (χ2v) is 15.2. The van der Waals surface area contributed by atoms with E-state index < -0.39 is 54.3 Å². The van der Waals surface area contributed by atoms with E-state index in [9.17, 15) is 29.5 Å². The van der Waals surface area contributed by atoms with Crippen molar-refractivity contribution in [1.82, 2.24) is 25.5 Å². The van der Waals surface area contributed by atoms with Crippen LogP contribution >= 0.6 is 0 Å². The van der Waals surface area contributed by atoms with Crippen LogP contribution in [0.3, 0.4) is 0 Å². The van der Waals surface area contributed by atoms with Crippen molar-refractivity contribution in [3.63, 3.8) is 0 Å². The van der Waals surface area contributed by atoms with E-state index in [1.807, 2.05) is 71.9 Å². The van der Waals surface area contributed by atoms with Gasteiger partial charge in [0, 0.05) is 34.9 Å². The van der Waals surface area contributed by atoms with Gasteiger partial charge in [0.2, 0.25) is 23.6 Å². The van der Waals surface area contributed by atoms with Crippen molar-refractivity contribution in [3.05, 3.63) is 35.9 Å². The number of hydroxylamine groups is 2. The Morgan fingerprint density at radius 1 is 0.923 bits per heavy atom. The number of nitrogens with one attached hydrogen (secondary N) is 2. The molecule has 13 nitrogen and oxygen atoms in total. The normalized spacial score (nSPS) is 20.1. The minimum atomic E-state index is -0.886. The molecule has 0 spiro atoms. The number of amides is 4. The number of hydrogen-bond acceptors (Lipinski definition) is 9. The molecule has 0 saturated carbocycles. The fraction of sp³-hybridized carbons (Fsp3) is 0.744. The standard InChI is InChI=1S/C39H67N5O8/c1-13-25(6)34(42(9)39(49)32(23(2)3)41-38(48)33(24(4)5)43(10)50)30(51-11)22-31(45)44-21-17-20-29(44)36(52-12)26(7)37(47)40-27(8)35(46)28-18-15-14-16-19-28/h14-16,18-19,23-27,29-30,32-36,46,50H,13,17,20-22H2,1-12H3,(H,40,47)(H,41,48)/t25-,26+,27+,29-,30?,32-,33-,34-,35+,36?/m0/s1. The predicted molar refractivity (Wildman–Crippen MR) is 200 cm³/mol. The Balaban J connectivity index is 2.25. The number of carbonyl (C=O) groups is 4. The van der Waals surface area contributed by atoms with Crippen LogP contribution in [-0.2, 0) is 28.7 Å². The van der Waals surface area contributed by atoms with Crippen LogP contribution in [0.2, 0.25) is 0 Å². The van der Waals surface area contributed by atoms with Crippen LogP contribution in [0.5, 0.6) is 0 Å². The predicted octanol–water partition coefficient (Wildman–Crippen LogP) is 3.63. The monoisotopic (exact) mass is 733 g/mol. The van der Waals surface area contributed by atoms with Crippen molar-refractivity contribution in [1.29, 1.82) is 0 Å².